The minimum absolute atomic E-state index is 0.0516. The number of anilines is 1. The summed E-state index contributed by atoms with van der Waals surface area (Å²) in [5.74, 6) is 1.07. The van der Waals surface area contributed by atoms with Crippen LogP contribution in [0.1, 0.15) is 32.6 Å². The molecule has 7 heteroatoms. The third kappa shape index (κ3) is 3.27. The Kier molecular flexibility index (Phi) is 4.59. The van der Waals surface area contributed by atoms with Crippen LogP contribution in [0.2, 0.25) is 0 Å². The normalized spacial score (nSPS) is 26.1. The van der Waals surface area contributed by atoms with Gasteiger partial charge < -0.3 is 19.9 Å². The van der Waals surface area contributed by atoms with Crippen LogP contribution in [0.4, 0.5) is 5.95 Å². The molecule has 0 radical (unpaired) electrons. The Labute approximate surface area is 118 Å². The van der Waals surface area contributed by atoms with Crippen molar-refractivity contribution in [2.24, 2.45) is 5.92 Å². The van der Waals surface area contributed by atoms with Gasteiger partial charge in [0.25, 0.3) is 0 Å². The molecule has 0 aliphatic heterocycles. The first-order valence-corrected chi connectivity index (χ1v) is 6.84. The Balaban J connectivity index is 2.18. The van der Waals surface area contributed by atoms with Gasteiger partial charge in [0.2, 0.25) is 5.95 Å². The van der Waals surface area contributed by atoms with Gasteiger partial charge in [0.15, 0.2) is 0 Å². The van der Waals surface area contributed by atoms with Gasteiger partial charge in [0.05, 0.1) is 26.4 Å². The Bertz CT molecular complexity index is 425. The van der Waals surface area contributed by atoms with Crippen molar-refractivity contribution in [3.63, 3.8) is 0 Å². The Morgan fingerprint density at radius 3 is 2.15 bits per heavy atom. The van der Waals surface area contributed by atoms with Crippen molar-refractivity contribution in [1.29, 1.82) is 0 Å². The lowest BCUT2D eigenvalue weighted by Gasteiger charge is -2.38. The van der Waals surface area contributed by atoms with Crippen LogP contribution in [0.25, 0.3) is 0 Å². The maximum absolute atomic E-state index is 9.75. The summed E-state index contributed by atoms with van der Waals surface area (Å²) in [7, 11) is 2.98. The summed E-state index contributed by atoms with van der Waals surface area (Å²) < 4.78 is 10.1. The molecule has 1 aromatic heterocycles. The number of hydrogen-bond acceptors (Lipinski definition) is 7. The topological polar surface area (TPSA) is 89.4 Å². The van der Waals surface area contributed by atoms with Gasteiger partial charge in [0, 0.05) is 0 Å². The summed E-state index contributed by atoms with van der Waals surface area (Å²) in [6.45, 7) is 2.28. The minimum atomic E-state index is -0.371. The van der Waals surface area contributed by atoms with Gasteiger partial charge in [-0.25, -0.2) is 0 Å². The number of nitrogens with zero attached hydrogens (tertiary/aromatic N) is 3. The number of nitrogens with one attached hydrogen (secondary N) is 1. The van der Waals surface area contributed by atoms with Crippen LogP contribution in [0.15, 0.2) is 0 Å². The van der Waals surface area contributed by atoms with E-state index in [1.54, 1.807) is 0 Å². The van der Waals surface area contributed by atoms with E-state index in [1.165, 1.54) is 14.2 Å². The molecule has 1 heterocycles. The highest BCUT2D eigenvalue weighted by atomic mass is 16.5. The third-order valence-electron chi connectivity index (χ3n) is 3.87. The molecule has 2 rings (SSSR count). The highest BCUT2D eigenvalue weighted by Gasteiger charge is 2.34. The van der Waals surface area contributed by atoms with Crippen molar-refractivity contribution >= 4 is 5.95 Å². The summed E-state index contributed by atoms with van der Waals surface area (Å²) in [5.41, 5.74) is -0.371. The molecule has 0 bridgehead atoms. The van der Waals surface area contributed by atoms with Crippen molar-refractivity contribution in [3.8, 4) is 12.0 Å². The molecule has 1 aromatic rings. The first kappa shape index (κ1) is 14.8. The summed E-state index contributed by atoms with van der Waals surface area (Å²) in [6, 6.07) is 0.383. The number of ether oxygens (including phenoxy) is 2. The fourth-order valence-electron chi connectivity index (χ4n) is 2.45. The molecule has 1 aliphatic carbocycles. The van der Waals surface area contributed by atoms with E-state index in [9.17, 15) is 5.11 Å². The van der Waals surface area contributed by atoms with Gasteiger partial charge in [-0.1, -0.05) is 6.92 Å². The molecular formula is C13H22N4O3. The van der Waals surface area contributed by atoms with Crippen LogP contribution in [0, 0.1) is 5.92 Å². The van der Waals surface area contributed by atoms with Crippen molar-refractivity contribution < 1.29 is 14.6 Å². The van der Waals surface area contributed by atoms with Gasteiger partial charge in [-0.3, -0.25) is 0 Å². The largest absolute Gasteiger partial charge is 0.467 e. The number of aliphatic hydroxyl groups excluding tert-OH is 1. The van der Waals surface area contributed by atoms with Crippen molar-refractivity contribution in [3.05, 3.63) is 0 Å². The van der Waals surface area contributed by atoms with Crippen LogP contribution >= 0.6 is 0 Å². The first-order valence-electron chi connectivity index (χ1n) is 6.84. The molecule has 0 unspecified atom stereocenters. The van der Waals surface area contributed by atoms with E-state index in [4.69, 9.17) is 9.47 Å². The quantitative estimate of drug-likeness (QED) is 0.839. The fourth-order valence-corrected chi connectivity index (χ4v) is 2.45. The monoisotopic (exact) mass is 282 g/mol. The predicted octanol–water partition coefficient (Wildman–Crippen LogP) is 1.24. The second-order valence-corrected chi connectivity index (χ2v) is 5.38. The molecule has 0 aromatic carbocycles. The number of rotatable bonds is 5. The van der Waals surface area contributed by atoms with Crippen LogP contribution in [-0.2, 0) is 0 Å². The zero-order valence-electron chi connectivity index (χ0n) is 12.2. The number of aliphatic hydroxyl groups is 1. The maximum Gasteiger partial charge on any atom is 0.324 e. The molecule has 0 saturated heterocycles. The summed E-state index contributed by atoms with van der Waals surface area (Å²) >= 11 is 0. The van der Waals surface area contributed by atoms with Crippen LogP contribution in [0.3, 0.4) is 0 Å². The SMILES string of the molecule is COc1nc(NC2(CO)CCC(C)CC2)nc(OC)n1. The smallest absolute Gasteiger partial charge is 0.324 e. The molecule has 0 atom stereocenters. The molecule has 1 saturated carbocycles. The number of aromatic nitrogens is 3. The zero-order chi connectivity index (χ0) is 14.6. The summed E-state index contributed by atoms with van der Waals surface area (Å²) in [5, 5.41) is 13.0. The minimum Gasteiger partial charge on any atom is -0.467 e. The Hall–Kier alpha value is -1.63. The van der Waals surface area contributed by atoms with E-state index in [-0.39, 0.29) is 24.2 Å². The summed E-state index contributed by atoms with van der Waals surface area (Å²) in [4.78, 5) is 12.3. The molecule has 7 nitrogen and oxygen atoms in total. The molecule has 20 heavy (non-hydrogen) atoms. The van der Waals surface area contributed by atoms with Crippen LogP contribution < -0.4 is 14.8 Å². The highest BCUT2D eigenvalue weighted by Crippen LogP contribution is 2.34. The predicted molar refractivity (Wildman–Crippen MR) is 74.0 cm³/mol. The van der Waals surface area contributed by atoms with Gasteiger partial charge in [-0.05, 0) is 31.6 Å². The molecule has 1 aliphatic rings. The van der Waals surface area contributed by atoms with Crippen molar-refractivity contribution in [2.75, 3.05) is 26.1 Å². The first-order chi connectivity index (χ1) is 9.60. The van der Waals surface area contributed by atoms with Crippen LogP contribution in [-0.4, -0.2) is 46.4 Å². The summed E-state index contributed by atoms with van der Waals surface area (Å²) in [6.07, 6.45) is 3.93. The lowest BCUT2D eigenvalue weighted by atomic mass is 9.77. The third-order valence-corrected chi connectivity index (χ3v) is 3.87. The van der Waals surface area contributed by atoms with Gasteiger partial charge >= 0.3 is 12.0 Å². The van der Waals surface area contributed by atoms with E-state index in [1.807, 2.05) is 0 Å². The fraction of sp³-hybridized carbons (Fsp3) is 0.769. The average Bonchev–Trinajstić information content (AvgIpc) is 2.49. The van der Waals surface area contributed by atoms with E-state index >= 15 is 0 Å². The molecule has 0 spiro atoms. The lowest BCUT2D eigenvalue weighted by Crippen LogP contribution is -2.45. The Morgan fingerprint density at radius 1 is 1.15 bits per heavy atom. The Morgan fingerprint density at radius 2 is 1.70 bits per heavy atom. The molecule has 0 amide bonds. The number of hydrogen-bond donors (Lipinski definition) is 2. The second-order valence-electron chi connectivity index (χ2n) is 5.38. The van der Waals surface area contributed by atoms with E-state index in [0.717, 1.165) is 25.7 Å². The van der Waals surface area contributed by atoms with Gasteiger partial charge in [-0.2, -0.15) is 9.97 Å². The van der Waals surface area contributed by atoms with E-state index in [2.05, 4.69) is 27.2 Å². The van der Waals surface area contributed by atoms with Crippen molar-refractivity contribution in [2.45, 2.75) is 38.1 Å². The number of methoxy groups -OCH3 is 2. The van der Waals surface area contributed by atoms with E-state index in [0.29, 0.717) is 11.9 Å². The average molecular weight is 282 g/mol. The molecule has 2 N–H and O–H groups in total. The standard InChI is InChI=1S/C13H22N4O3/c1-9-4-6-13(8-18,7-5-9)17-10-14-11(19-2)16-12(15-10)20-3/h9,18H,4-8H2,1-3H3,(H,14,15,16,17). The second kappa shape index (κ2) is 6.21. The van der Waals surface area contributed by atoms with Gasteiger partial charge in [0.1, 0.15) is 0 Å². The van der Waals surface area contributed by atoms with Crippen molar-refractivity contribution in [1.82, 2.24) is 15.0 Å². The maximum atomic E-state index is 9.75. The zero-order valence-corrected chi connectivity index (χ0v) is 12.2. The van der Waals surface area contributed by atoms with Gasteiger partial charge in [-0.15, -0.1) is 4.98 Å². The molecule has 112 valence electrons. The van der Waals surface area contributed by atoms with E-state index < -0.39 is 0 Å². The highest BCUT2D eigenvalue weighted by molar-refractivity contribution is 5.32. The molecule has 1 fully saturated rings. The lowest BCUT2D eigenvalue weighted by molar-refractivity contribution is 0.154. The molecular weight excluding hydrogens is 260 g/mol. The van der Waals surface area contributed by atoms with Crippen LogP contribution in [0.5, 0.6) is 12.0 Å².